The SMILES string of the molecule is O=C(N/N=C/c1ccc(F)cc1Cl)C1CCCCC1. The minimum absolute atomic E-state index is 0.0471. The van der Waals surface area contributed by atoms with Crippen molar-refractivity contribution in [3.8, 4) is 0 Å². The Labute approximate surface area is 116 Å². The lowest BCUT2D eigenvalue weighted by atomic mass is 9.89. The predicted molar refractivity (Wildman–Crippen MR) is 73.7 cm³/mol. The Morgan fingerprint density at radius 1 is 1.37 bits per heavy atom. The average molecular weight is 283 g/mol. The quantitative estimate of drug-likeness (QED) is 0.669. The summed E-state index contributed by atoms with van der Waals surface area (Å²) in [7, 11) is 0. The van der Waals surface area contributed by atoms with Gasteiger partial charge in [-0.15, -0.1) is 0 Å². The molecule has 0 atom stereocenters. The van der Waals surface area contributed by atoms with E-state index in [9.17, 15) is 9.18 Å². The molecule has 0 aliphatic heterocycles. The van der Waals surface area contributed by atoms with Crippen molar-refractivity contribution in [2.45, 2.75) is 32.1 Å². The van der Waals surface area contributed by atoms with Crippen molar-refractivity contribution in [2.75, 3.05) is 0 Å². The van der Waals surface area contributed by atoms with Gasteiger partial charge in [-0.2, -0.15) is 5.10 Å². The molecule has 1 saturated carbocycles. The molecule has 102 valence electrons. The monoisotopic (exact) mass is 282 g/mol. The van der Waals surface area contributed by atoms with Crippen LogP contribution in [0, 0.1) is 11.7 Å². The molecule has 1 aliphatic rings. The number of hydrogen-bond acceptors (Lipinski definition) is 2. The third-order valence-electron chi connectivity index (χ3n) is 3.32. The summed E-state index contributed by atoms with van der Waals surface area (Å²) in [5.74, 6) is -0.378. The van der Waals surface area contributed by atoms with E-state index in [0.29, 0.717) is 5.56 Å². The topological polar surface area (TPSA) is 41.5 Å². The molecule has 0 aromatic heterocycles. The molecule has 0 spiro atoms. The maximum absolute atomic E-state index is 12.8. The maximum atomic E-state index is 12.8. The molecule has 1 aromatic carbocycles. The molecule has 0 saturated heterocycles. The van der Waals surface area contributed by atoms with Gasteiger partial charge in [0.1, 0.15) is 5.82 Å². The van der Waals surface area contributed by atoms with E-state index < -0.39 is 5.82 Å². The number of amides is 1. The van der Waals surface area contributed by atoms with Crippen LogP contribution in [0.2, 0.25) is 5.02 Å². The molecule has 2 rings (SSSR count). The van der Waals surface area contributed by atoms with Gasteiger partial charge in [0, 0.05) is 11.5 Å². The Kier molecular flexibility index (Phi) is 4.91. The highest BCUT2D eigenvalue weighted by Gasteiger charge is 2.20. The molecule has 1 aliphatic carbocycles. The van der Waals surface area contributed by atoms with Gasteiger partial charge in [-0.25, -0.2) is 9.82 Å². The number of carbonyl (C=O) groups excluding carboxylic acids is 1. The van der Waals surface area contributed by atoms with E-state index >= 15 is 0 Å². The summed E-state index contributed by atoms with van der Waals surface area (Å²) >= 11 is 5.85. The van der Waals surface area contributed by atoms with E-state index in [0.717, 1.165) is 25.7 Å². The molecule has 0 unspecified atom stereocenters. The Hall–Kier alpha value is -1.42. The molecule has 1 amide bonds. The number of benzene rings is 1. The molecular weight excluding hydrogens is 267 g/mol. The zero-order chi connectivity index (χ0) is 13.7. The second-order valence-corrected chi connectivity index (χ2v) is 5.14. The highest BCUT2D eigenvalue weighted by atomic mass is 35.5. The minimum Gasteiger partial charge on any atom is -0.273 e. The molecule has 1 fully saturated rings. The van der Waals surface area contributed by atoms with Crippen LogP contribution in [0.1, 0.15) is 37.7 Å². The second-order valence-electron chi connectivity index (χ2n) is 4.74. The fourth-order valence-electron chi connectivity index (χ4n) is 2.23. The third kappa shape index (κ3) is 4.03. The van der Waals surface area contributed by atoms with Crippen LogP contribution in [0.5, 0.6) is 0 Å². The first-order valence-electron chi connectivity index (χ1n) is 6.45. The highest BCUT2D eigenvalue weighted by molar-refractivity contribution is 6.33. The van der Waals surface area contributed by atoms with Crippen molar-refractivity contribution in [2.24, 2.45) is 11.0 Å². The molecule has 0 heterocycles. The highest BCUT2D eigenvalue weighted by Crippen LogP contribution is 2.23. The summed E-state index contributed by atoms with van der Waals surface area (Å²) < 4.78 is 12.8. The van der Waals surface area contributed by atoms with Gasteiger partial charge in [0.2, 0.25) is 5.91 Å². The fourth-order valence-corrected chi connectivity index (χ4v) is 2.44. The normalized spacial score (nSPS) is 16.7. The number of carbonyl (C=O) groups is 1. The third-order valence-corrected chi connectivity index (χ3v) is 3.64. The Morgan fingerprint density at radius 2 is 2.11 bits per heavy atom. The van der Waals surface area contributed by atoms with E-state index in [1.54, 1.807) is 0 Å². The van der Waals surface area contributed by atoms with Gasteiger partial charge in [-0.05, 0) is 31.0 Å². The maximum Gasteiger partial charge on any atom is 0.243 e. The lowest BCUT2D eigenvalue weighted by Crippen LogP contribution is -2.28. The van der Waals surface area contributed by atoms with Crippen LogP contribution in [0.3, 0.4) is 0 Å². The average Bonchev–Trinajstić information content (AvgIpc) is 2.42. The summed E-state index contributed by atoms with van der Waals surface area (Å²) in [6, 6.07) is 4.04. The van der Waals surface area contributed by atoms with Gasteiger partial charge in [-0.1, -0.05) is 30.9 Å². The number of nitrogens with zero attached hydrogens (tertiary/aromatic N) is 1. The van der Waals surface area contributed by atoms with Crippen LogP contribution in [-0.4, -0.2) is 12.1 Å². The first-order chi connectivity index (χ1) is 9.16. The first-order valence-corrected chi connectivity index (χ1v) is 6.82. The van der Waals surface area contributed by atoms with Crippen molar-refractivity contribution in [1.82, 2.24) is 5.43 Å². The molecule has 5 heteroatoms. The second kappa shape index (κ2) is 6.66. The van der Waals surface area contributed by atoms with E-state index in [2.05, 4.69) is 10.5 Å². The van der Waals surface area contributed by atoms with Gasteiger partial charge in [0.05, 0.1) is 11.2 Å². The summed E-state index contributed by atoms with van der Waals surface area (Å²) in [6.45, 7) is 0. The molecular formula is C14H16ClFN2O. The van der Waals surface area contributed by atoms with Crippen LogP contribution >= 0.6 is 11.6 Å². The number of hydrazone groups is 1. The zero-order valence-corrected chi connectivity index (χ0v) is 11.3. The van der Waals surface area contributed by atoms with Crippen LogP contribution in [0.4, 0.5) is 4.39 Å². The first kappa shape index (κ1) is 14.0. The molecule has 3 nitrogen and oxygen atoms in total. The Bertz CT molecular complexity index is 484. The van der Waals surface area contributed by atoms with Crippen LogP contribution in [0.15, 0.2) is 23.3 Å². The van der Waals surface area contributed by atoms with Crippen LogP contribution < -0.4 is 5.43 Å². The summed E-state index contributed by atoms with van der Waals surface area (Å²) in [6.07, 6.45) is 6.70. The van der Waals surface area contributed by atoms with Gasteiger partial charge in [0.15, 0.2) is 0 Å². The lowest BCUT2D eigenvalue weighted by molar-refractivity contribution is -0.125. The van der Waals surface area contributed by atoms with E-state index in [1.165, 1.54) is 30.8 Å². The molecule has 1 aromatic rings. The van der Waals surface area contributed by atoms with Crippen molar-refractivity contribution in [3.05, 3.63) is 34.6 Å². The number of hydrogen-bond donors (Lipinski definition) is 1. The van der Waals surface area contributed by atoms with Gasteiger partial charge < -0.3 is 0 Å². The standard InChI is InChI=1S/C14H16ClFN2O/c15-13-8-12(16)7-6-11(13)9-17-18-14(19)10-4-2-1-3-5-10/h6-10H,1-5H2,(H,18,19)/b17-9+. The fraction of sp³-hybridized carbons (Fsp3) is 0.429. The predicted octanol–water partition coefficient (Wildman–Crippen LogP) is 3.51. The Balaban J connectivity index is 1.90. The van der Waals surface area contributed by atoms with E-state index in [4.69, 9.17) is 11.6 Å². The molecule has 0 radical (unpaired) electrons. The zero-order valence-electron chi connectivity index (χ0n) is 10.5. The van der Waals surface area contributed by atoms with Gasteiger partial charge >= 0.3 is 0 Å². The van der Waals surface area contributed by atoms with Crippen molar-refractivity contribution < 1.29 is 9.18 Å². The van der Waals surface area contributed by atoms with E-state index in [1.807, 2.05) is 0 Å². The summed E-state index contributed by atoms with van der Waals surface area (Å²) in [5.41, 5.74) is 3.10. The number of halogens is 2. The van der Waals surface area contributed by atoms with Crippen molar-refractivity contribution in [3.63, 3.8) is 0 Å². The number of rotatable bonds is 3. The lowest BCUT2D eigenvalue weighted by Gasteiger charge is -2.19. The van der Waals surface area contributed by atoms with Gasteiger partial charge in [-0.3, -0.25) is 4.79 Å². The summed E-state index contributed by atoms with van der Waals surface area (Å²) in [5, 5.41) is 4.15. The largest absolute Gasteiger partial charge is 0.273 e. The molecule has 1 N–H and O–H groups in total. The van der Waals surface area contributed by atoms with E-state index in [-0.39, 0.29) is 16.8 Å². The smallest absolute Gasteiger partial charge is 0.243 e. The van der Waals surface area contributed by atoms with Crippen molar-refractivity contribution in [1.29, 1.82) is 0 Å². The molecule has 0 bridgehead atoms. The Morgan fingerprint density at radius 3 is 2.79 bits per heavy atom. The minimum atomic E-state index is -0.395. The molecule has 19 heavy (non-hydrogen) atoms. The summed E-state index contributed by atoms with van der Waals surface area (Å²) in [4.78, 5) is 11.8. The van der Waals surface area contributed by atoms with Crippen LogP contribution in [-0.2, 0) is 4.79 Å². The van der Waals surface area contributed by atoms with Crippen LogP contribution in [0.25, 0.3) is 0 Å². The van der Waals surface area contributed by atoms with Gasteiger partial charge in [0.25, 0.3) is 0 Å². The van der Waals surface area contributed by atoms with Crippen molar-refractivity contribution >= 4 is 23.7 Å². The number of nitrogens with one attached hydrogen (secondary N) is 1.